The molecule has 0 aromatic carbocycles. The minimum Gasteiger partial charge on any atom is -0.365 e. The van der Waals surface area contributed by atoms with E-state index in [1.165, 1.54) is 0 Å². The number of carbonyl (C=O) groups is 2. The van der Waals surface area contributed by atoms with E-state index in [0.717, 1.165) is 22.6 Å². The molecule has 6 nitrogen and oxygen atoms in total. The summed E-state index contributed by atoms with van der Waals surface area (Å²) in [6.45, 7) is 6.21. The maximum Gasteiger partial charge on any atom is 0.255 e. The van der Waals surface area contributed by atoms with Gasteiger partial charge in [-0.15, -0.1) is 0 Å². The first-order valence-corrected chi connectivity index (χ1v) is 7.90. The van der Waals surface area contributed by atoms with Crippen LogP contribution in [0.15, 0.2) is 24.4 Å². The lowest BCUT2D eigenvalue weighted by molar-refractivity contribution is -0.132. The van der Waals surface area contributed by atoms with Crippen LogP contribution in [0.5, 0.6) is 0 Å². The average molecular weight is 314 g/mol. The van der Waals surface area contributed by atoms with Crippen molar-refractivity contribution in [3.05, 3.63) is 47.0 Å². The molecule has 0 bridgehead atoms. The fourth-order valence-electron chi connectivity index (χ4n) is 3.03. The van der Waals surface area contributed by atoms with Crippen molar-refractivity contribution in [1.29, 1.82) is 0 Å². The number of aryl methyl sites for hydroxylation is 2. The number of aromatic nitrogens is 2. The van der Waals surface area contributed by atoms with E-state index in [9.17, 15) is 9.59 Å². The largest absolute Gasteiger partial charge is 0.365 e. The topological polar surface area (TPSA) is 72.2 Å². The zero-order valence-corrected chi connectivity index (χ0v) is 13.6. The van der Waals surface area contributed by atoms with Crippen molar-refractivity contribution in [3.63, 3.8) is 0 Å². The van der Waals surface area contributed by atoms with E-state index < -0.39 is 0 Å². The van der Waals surface area contributed by atoms with Gasteiger partial charge in [-0.05, 0) is 32.0 Å². The first-order valence-electron chi connectivity index (χ1n) is 7.90. The normalized spacial score (nSPS) is 15.0. The molecule has 0 radical (unpaired) electrons. The van der Waals surface area contributed by atoms with Crippen LogP contribution in [-0.2, 0) is 11.2 Å². The molecule has 0 aliphatic carbocycles. The molecule has 0 saturated carbocycles. The third-order valence-electron chi connectivity index (χ3n) is 4.30. The van der Waals surface area contributed by atoms with E-state index >= 15 is 0 Å². The highest BCUT2D eigenvalue weighted by Gasteiger charge is 2.26. The van der Waals surface area contributed by atoms with Crippen molar-refractivity contribution in [2.24, 2.45) is 0 Å². The van der Waals surface area contributed by atoms with Gasteiger partial charge in [0.05, 0.1) is 12.0 Å². The van der Waals surface area contributed by atoms with Crippen LogP contribution in [-0.4, -0.2) is 57.8 Å². The van der Waals surface area contributed by atoms with Crippen LogP contribution >= 0.6 is 0 Å². The van der Waals surface area contributed by atoms with Crippen LogP contribution in [0.1, 0.15) is 27.4 Å². The number of nitrogens with zero attached hydrogens (tertiary/aromatic N) is 2. The number of piperazine rings is 1. The monoisotopic (exact) mass is 314 g/mol. The molecule has 6 heteroatoms. The summed E-state index contributed by atoms with van der Waals surface area (Å²) in [5.74, 6) is 0.150. The summed E-state index contributed by atoms with van der Waals surface area (Å²) < 4.78 is 0. The maximum absolute atomic E-state index is 12.6. The molecule has 1 aliphatic rings. The number of rotatable bonds is 3. The Hall–Kier alpha value is -2.50. The molecule has 122 valence electrons. The smallest absolute Gasteiger partial charge is 0.255 e. The Bertz CT molecular complexity index is 694. The van der Waals surface area contributed by atoms with E-state index in [1.54, 1.807) is 0 Å². The lowest BCUT2D eigenvalue weighted by Gasteiger charge is -2.34. The zero-order chi connectivity index (χ0) is 16.4. The third-order valence-corrected chi connectivity index (χ3v) is 4.30. The molecule has 3 rings (SSSR count). The Kier molecular flexibility index (Phi) is 4.23. The molecule has 0 unspecified atom stereocenters. The van der Waals surface area contributed by atoms with Gasteiger partial charge in [0.1, 0.15) is 0 Å². The third kappa shape index (κ3) is 3.31. The highest BCUT2D eigenvalue weighted by molar-refractivity contribution is 5.95. The number of aromatic amines is 2. The number of H-pyrrole nitrogens is 2. The molecule has 0 atom stereocenters. The van der Waals surface area contributed by atoms with Gasteiger partial charge >= 0.3 is 0 Å². The predicted octanol–water partition coefficient (Wildman–Crippen LogP) is 1.49. The Morgan fingerprint density at radius 3 is 2.39 bits per heavy atom. The van der Waals surface area contributed by atoms with Gasteiger partial charge in [-0.2, -0.15) is 0 Å². The fraction of sp³-hybridized carbons (Fsp3) is 0.412. The van der Waals surface area contributed by atoms with Crippen molar-refractivity contribution < 1.29 is 9.59 Å². The van der Waals surface area contributed by atoms with Crippen LogP contribution < -0.4 is 0 Å². The Morgan fingerprint density at radius 1 is 1.13 bits per heavy atom. The lowest BCUT2D eigenvalue weighted by Crippen LogP contribution is -2.51. The number of hydrogen-bond acceptors (Lipinski definition) is 2. The second kappa shape index (κ2) is 6.32. The minimum absolute atomic E-state index is 0.0447. The second-order valence-electron chi connectivity index (χ2n) is 6.04. The number of hydrogen-bond donors (Lipinski definition) is 2. The van der Waals surface area contributed by atoms with Crippen LogP contribution in [0.25, 0.3) is 0 Å². The van der Waals surface area contributed by atoms with Gasteiger partial charge in [0.2, 0.25) is 5.91 Å². The summed E-state index contributed by atoms with van der Waals surface area (Å²) in [6.07, 6.45) is 2.21. The summed E-state index contributed by atoms with van der Waals surface area (Å²) >= 11 is 0. The molecule has 2 aromatic heterocycles. The lowest BCUT2D eigenvalue weighted by atomic mass is 10.2. The number of amides is 2. The molecular formula is C17H22N4O2. The molecule has 1 saturated heterocycles. The molecule has 2 amide bonds. The van der Waals surface area contributed by atoms with Crippen molar-refractivity contribution in [2.75, 3.05) is 26.2 Å². The number of nitrogens with one attached hydrogen (secondary N) is 2. The van der Waals surface area contributed by atoms with Crippen LogP contribution in [0.2, 0.25) is 0 Å². The van der Waals surface area contributed by atoms with E-state index in [1.807, 2.05) is 48.0 Å². The molecule has 1 aliphatic heterocycles. The highest BCUT2D eigenvalue weighted by Crippen LogP contribution is 2.14. The summed E-state index contributed by atoms with van der Waals surface area (Å²) in [5.41, 5.74) is 3.55. The van der Waals surface area contributed by atoms with E-state index in [4.69, 9.17) is 0 Å². The molecule has 3 heterocycles. The molecule has 23 heavy (non-hydrogen) atoms. The summed E-state index contributed by atoms with van der Waals surface area (Å²) in [4.78, 5) is 34.7. The SMILES string of the molecule is Cc1cc(C(=O)N2CCN(C(=O)Cc3ccc[nH]3)CC2)c(C)[nH]1. The predicted molar refractivity (Wildman–Crippen MR) is 87.2 cm³/mol. The summed E-state index contributed by atoms with van der Waals surface area (Å²) in [6, 6.07) is 5.69. The average Bonchev–Trinajstić information content (AvgIpc) is 3.16. The van der Waals surface area contributed by atoms with Crippen molar-refractivity contribution >= 4 is 11.8 Å². The second-order valence-corrected chi connectivity index (χ2v) is 6.04. The Labute approximate surface area is 135 Å². The molecule has 1 fully saturated rings. The first kappa shape index (κ1) is 15.4. The van der Waals surface area contributed by atoms with Crippen molar-refractivity contribution in [1.82, 2.24) is 19.8 Å². The van der Waals surface area contributed by atoms with Crippen LogP contribution in [0.3, 0.4) is 0 Å². The van der Waals surface area contributed by atoms with Gasteiger partial charge in [0.25, 0.3) is 5.91 Å². The Balaban J connectivity index is 1.57. The van der Waals surface area contributed by atoms with E-state index in [-0.39, 0.29) is 11.8 Å². The Morgan fingerprint density at radius 2 is 1.83 bits per heavy atom. The minimum atomic E-state index is 0.0447. The van der Waals surface area contributed by atoms with Crippen LogP contribution in [0.4, 0.5) is 0 Å². The maximum atomic E-state index is 12.6. The van der Waals surface area contributed by atoms with Gasteiger partial charge in [-0.1, -0.05) is 0 Å². The quantitative estimate of drug-likeness (QED) is 0.901. The fourth-order valence-corrected chi connectivity index (χ4v) is 3.03. The summed E-state index contributed by atoms with van der Waals surface area (Å²) in [5, 5.41) is 0. The van der Waals surface area contributed by atoms with E-state index in [0.29, 0.717) is 32.6 Å². The summed E-state index contributed by atoms with van der Waals surface area (Å²) in [7, 11) is 0. The van der Waals surface area contributed by atoms with Crippen molar-refractivity contribution in [3.8, 4) is 0 Å². The van der Waals surface area contributed by atoms with Gasteiger partial charge < -0.3 is 19.8 Å². The molecule has 0 spiro atoms. The first-order chi connectivity index (χ1) is 11.0. The highest BCUT2D eigenvalue weighted by atomic mass is 16.2. The van der Waals surface area contributed by atoms with Crippen molar-refractivity contribution in [2.45, 2.75) is 20.3 Å². The van der Waals surface area contributed by atoms with Crippen LogP contribution in [0, 0.1) is 13.8 Å². The standard InChI is InChI=1S/C17H22N4O2/c1-12-10-15(13(2)19-12)17(23)21-8-6-20(7-9-21)16(22)11-14-4-3-5-18-14/h3-5,10,18-19H,6-9,11H2,1-2H3. The molecule has 2 aromatic rings. The van der Waals surface area contributed by atoms with Gasteiger partial charge in [-0.3, -0.25) is 9.59 Å². The molecular weight excluding hydrogens is 292 g/mol. The van der Waals surface area contributed by atoms with Gasteiger partial charge in [-0.25, -0.2) is 0 Å². The van der Waals surface area contributed by atoms with Gasteiger partial charge in [0, 0.05) is 49.5 Å². The van der Waals surface area contributed by atoms with Gasteiger partial charge in [0.15, 0.2) is 0 Å². The zero-order valence-electron chi connectivity index (χ0n) is 13.6. The molecule has 2 N–H and O–H groups in total. The van der Waals surface area contributed by atoms with E-state index in [2.05, 4.69) is 9.97 Å². The number of carbonyl (C=O) groups excluding carboxylic acids is 2.